The average Bonchev–Trinajstić information content (AvgIpc) is 2.84. The molecule has 0 saturated carbocycles. The lowest BCUT2D eigenvalue weighted by Crippen LogP contribution is -2.52. The smallest absolute Gasteiger partial charge is 0.338 e. The number of aryl methyl sites for hydroxylation is 1. The summed E-state index contributed by atoms with van der Waals surface area (Å²) in [6.07, 6.45) is 0. The van der Waals surface area contributed by atoms with Crippen LogP contribution >= 0.6 is 0 Å². The van der Waals surface area contributed by atoms with Gasteiger partial charge in [0.25, 0.3) is 0 Å². The molecule has 1 N–H and O–H groups in total. The lowest BCUT2D eigenvalue weighted by atomic mass is 9.93. The van der Waals surface area contributed by atoms with Crippen molar-refractivity contribution in [1.29, 1.82) is 0 Å². The maximum absolute atomic E-state index is 13.1. The van der Waals surface area contributed by atoms with Gasteiger partial charge in [0.15, 0.2) is 0 Å². The number of piperazine rings is 1. The summed E-state index contributed by atoms with van der Waals surface area (Å²) in [5.74, 6) is -0.376. The van der Waals surface area contributed by atoms with Crippen LogP contribution in [0.1, 0.15) is 29.7 Å². The fraction of sp³-hybridized carbons (Fsp3) is 0.407. The van der Waals surface area contributed by atoms with Crippen molar-refractivity contribution >= 4 is 12.0 Å². The Bertz CT molecular complexity index is 1040. The van der Waals surface area contributed by atoms with Gasteiger partial charge in [-0.25, -0.2) is 9.59 Å². The van der Waals surface area contributed by atoms with Gasteiger partial charge >= 0.3 is 12.0 Å². The molecule has 1 unspecified atom stereocenters. The monoisotopic (exact) mass is 462 g/mol. The highest BCUT2D eigenvalue weighted by Gasteiger charge is 2.37. The van der Waals surface area contributed by atoms with Crippen molar-refractivity contribution in [2.45, 2.75) is 26.4 Å². The molecule has 0 aromatic heterocycles. The van der Waals surface area contributed by atoms with Crippen molar-refractivity contribution in [3.05, 3.63) is 82.6 Å². The largest absolute Gasteiger partial charge is 0.463 e. The first kappa shape index (κ1) is 24.0. The predicted molar refractivity (Wildman–Crippen MR) is 132 cm³/mol. The lowest BCUT2D eigenvalue weighted by molar-refractivity contribution is -0.139. The highest BCUT2D eigenvalue weighted by atomic mass is 16.5. The summed E-state index contributed by atoms with van der Waals surface area (Å²) in [4.78, 5) is 32.4. The first-order valence-electron chi connectivity index (χ1n) is 12.0. The van der Waals surface area contributed by atoms with Gasteiger partial charge in [0.05, 0.1) is 18.2 Å². The van der Waals surface area contributed by atoms with Gasteiger partial charge in [-0.05, 0) is 25.0 Å². The van der Waals surface area contributed by atoms with Gasteiger partial charge in [0.1, 0.15) is 0 Å². The Balaban J connectivity index is 1.55. The van der Waals surface area contributed by atoms with E-state index in [9.17, 15) is 9.59 Å². The molecule has 7 nitrogen and oxygen atoms in total. The molecule has 1 saturated heterocycles. The van der Waals surface area contributed by atoms with E-state index in [-0.39, 0.29) is 18.6 Å². The third-order valence-corrected chi connectivity index (χ3v) is 6.54. The number of urea groups is 1. The number of hydrogen-bond donors (Lipinski definition) is 1. The fourth-order valence-corrected chi connectivity index (χ4v) is 4.66. The Morgan fingerprint density at radius 3 is 2.32 bits per heavy atom. The normalized spacial score (nSPS) is 19.8. The number of esters is 1. The second-order valence-electron chi connectivity index (χ2n) is 8.97. The Morgan fingerprint density at radius 1 is 1.00 bits per heavy atom. The number of rotatable bonds is 7. The summed E-state index contributed by atoms with van der Waals surface area (Å²) in [5, 5.41) is 3.00. The average molecular weight is 463 g/mol. The van der Waals surface area contributed by atoms with E-state index in [1.54, 1.807) is 18.9 Å². The van der Waals surface area contributed by atoms with Crippen LogP contribution in [0.5, 0.6) is 0 Å². The first-order chi connectivity index (χ1) is 16.5. The van der Waals surface area contributed by atoms with E-state index >= 15 is 0 Å². The number of carbonyl (C=O) groups excluding carboxylic acids is 2. The number of hydrogen-bond acceptors (Lipinski definition) is 5. The van der Waals surface area contributed by atoms with Gasteiger partial charge in [-0.15, -0.1) is 0 Å². The van der Waals surface area contributed by atoms with Crippen LogP contribution in [0, 0.1) is 6.92 Å². The SMILES string of the molecule is CCOC(=O)C1=C(CN2CCN(Cc3ccccc3)CC2)N(C)C(=O)NC1c1cccc(C)c1. The molecular formula is C27H34N4O3. The molecule has 2 aromatic rings. The summed E-state index contributed by atoms with van der Waals surface area (Å²) in [6.45, 7) is 9.17. The number of carbonyl (C=O) groups is 2. The van der Waals surface area contributed by atoms with Gasteiger partial charge in [-0.1, -0.05) is 60.2 Å². The highest BCUT2D eigenvalue weighted by Crippen LogP contribution is 2.32. The molecule has 2 heterocycles. The third-order valence-electron chi connectivity index (χ3n) is 6.54. The van der Waals surface area contributed by atoms with Crippen LogP contribution in [-0.4, -0.2) is 73.1 Å². The van der Waals surface area contributed by atoms with Gasteiger partial charge in [-0.3, -0.25) is 14.7 Å². The fourth-order valence-electron chi connectivity index (χ4n) is 4.66. The van der Waals surface area contributed by atoms with Crippen LogP contribution < -0.4 is 5.32 Å². The number of benzene rings is 2. The zero-order chi connectivity index (χ0) is 24.1. The van der Waals surface area contributed by atoms with Gasteiger partial charge in [0, 0.05) is 52.0 Å². The van der Waals surface area contributed by atoms with Crippen LogP contribution in [0.25, 0.3) is 0 Å². The summed E-state index contributed by atoms with van der Waals surface area (Å²) >= 11 is 0. The molecule has 34 heavy (non-hydrogen) atoms. The number of nitrogens with zero attached hydrogens (tertiary/aromatic N) is 3. The number of nitrogens with one attached hydrogen (secondary N) is 1. The molecule has 1 fully saturated rings. The lowest BCUT2D eigenvalue weighted by Gasteiger charge is -2.39. The number of amides is 2. The summed E-state index contributed by atoms with van der Waals surface area (Å²) in [7, 11) is 1.72. The molecule has 0 aliphatic carbocycles. The maximum atomic E-state index is 13.1. The molecule has 7 heteroatoms. The molecular weight excluding hydrogens is 428 g/mol. The molecule has 2 aromatic carbocycles. The van der Waals surface area contributed by atoms with Gasteiger partial charge in [-0.2, -0.15) is 0 Å². The van der Waals surface area contributed by atoms with E-state index in [0.717, 1.165) is 43.9 Å². The molecule has 0 radical (unpaired) electrons. The Kier molecular flexibility index (Phi) is 7.65. The minimum Gasteiger partial charge on any atom is -0.463 e. The zero-order valence-corrected chi connectivity index (χ0v) is 20.3. The van der Waals surface area contributed by atoms with E-state index in [1.807, 2.05) is 37.3 Å². The second-order valence-corrected chi connectivity index (χ2v) is 8.97. The molecule has 2 aliphatic heterocycles. The second kappa shape index (κ2) is 10.8. The highest BCUT2D eigenvalue weighted by molar-refractivity contribution is 5.95. The van der Waals surface area contributed by atoms with Crippen LogP contribution in [0.3, 0.4) is 0 Å². The molecule has 4 rings (SSSR count). The molecule has 180 valence electrons. The standard InChI is InChI=1S/C27H34N4O3/c1-4-34-26(32)24-23(29(3)27(33)28-25(24)22-12-8-9-20(2)17-22)19-31-15-13-30(14-16-31)18-21-10-6-5-7-11-21/h5-12,17,25H,4,13-16,18-19H2,1-3H3,(H,28,33). The van der Waals surface area contributed by atoms with Crippen molar-refractivity contribution in [1.82, 2.24) is 20.0 Å². The van der Waals surface area contributed by atoms with Crippen molar-refractivity contribution in [2.24, 2.45) is 0 Å². The van der Waals surface area contributed by atoms with Gasteiger partial charge < -0.3 is 10.1 Å². The van der Waals surface area contributed by atoms with E-state index in [1.165, 1.54) is 5.56 Å². The van der Waals surface area contributed by atoms with Gasteiger partial charge in [0.2, 0.25) is 0 Å². The molecule has 2 aliphatic rings. The summed E-state index contributed by atoms with van der Waals surface area (Å²) in [6, 6.07) is 17.7. The topological polar surface area (TPSA) is 65.1 Å². The van der Waals surface area contributed by atoms with E-state index in [4.69, 9.17) is 4.74 Å². The van der Waals surface area contributed by atoms with Crippen LogP contribution in [0.15, 0.2) is 65.9 Å². The molecule has 0 spiro atoms. The predicted octanol–water partition coefficient (Wildman–Crippen LogP) is 3.33. The van der Waals surface area contributed by atoms with Crippen LogP contribution in [0.2, 0.25) is 0 Å². The molecule has 1 atom stereocenters. The Morgan fingerprint density at radius 2 is 1.68 bits per heavy atom. The third kappa shape index (κ3) is 5.48. The van der Waals surface area contributed by atoms with Crippen molar-refractivity contribution < 1.29 is 14.3 Å². The van der Waals surface area contributed by atoms with Crippen molar-refractivity contribution in [3.8, 4) is 0 Å². The Hall–Kier alpha value is -3.16. The molecule has 0 bridgehead atoms. The van der Waals surface area contributed by atoms with Crippen LogP contribution in [0.4, 0.5) is 4.79 Å². The van der Waals surface area contributed by atoms with E-state index in [0.29, 0.717) is 17.8 Å². The zero-order valence-electron chi connectivity index (χ0n) is 20.3. The van der Waals surface area contributed by atoms with Crippen molar-refractivity contribution in [2.75, 3.05) is 46.4 Å². The number of ether oxygens (including phenoxy) is 1. The quantitative estimate of drug-likeness (QED) is 0.640. The minimum absolute atomic E-state index is 0.211. The van der Waals surface area contributed by atoms with E-state index in [2.05, 4.69) is 39.4 Å². The summed E-state index contributed by atoms with van der Waals surface area (Å²) < 4.78 is 5.45. The first-order valence-corrected chi connectivity index (χ1v) is 12.0. The maximum Gasteiger partial charge on any atom is 0.338 e. The van der Waals surface area contributed by atoms with Crippen LogP contribution in [-0.2, 0) is 16.1 Å². The Labute approximate surface area is 202 Å². The van der Waals surface area contributed by atoms with E-state index < -0.39 is 6.04 Å². The molecule has 2 amide bonds. The van der Waals surface area contributed by atoms with Crippen molar-refractivity contribution in [3.63, 3.8) is 0 Å². The summed E-state index contributed by atoms with van der Waals surface area (Å²) in [5.41, 5.74) is 4.50. The minimum atomic E-state index is -0.531. The number of likely N-dealkylation sites (N-methyl/N-ethyl adjacent to an activating group) is 1.